The monoisotopic (exact) mass is 328 g/mol. The van der Waals surface area contributed by atoms with Crippen molar-refractivity contribution in [2.75, 3.05) is 0 Å². The molecule has 0 amide bonds. The highest BCUT2D eigenvalue weighted by Crippen LogP contribution is 2.45. The molecule has 0 heterocycles. The Hall–Kier alpha value is -0.440. The van der Waals surface area contributed by atoms with E-state index in [1.807, 2.05) is 0 Å². The number of alkyl halides is 2. The molecule has 0 spiro atoms. The molecule has 0 saturated heterocycles. The Balaban J connectivity index is 0.00000192. The molecule has 0 aliphatic heterocycles. The van der Waals surface area contributed by atoms with Crippen molar-refractivity contribution in [3.05, 3.63) is 12.7 Å². The largest absolute Gasteiger partial charge is 0.412 e. The van der Waals surface area contributed by atoms with Crippen molar-refractivity contribution in [2.45, 2.75) is 83.0 Å². The minimum atomic E-state index is -1.19. The van der Waals surface area contributed by atoms with E-state index in [2.05, 4.69) is 12.7 Å². The first-order chi connectivity index (χ1) is 10.7. The predicted octanol–water partition coefficient (Wildman–Crippen LogP) is 5.44. The minimum Gasteiger partial charge on any atom is -0.412 e. The molecule has 3 aliphatic carbocycles. The van der Waals surface area contributed by atoms with Crippen molar-refractivity contribution in [2.24, 2.45) is 29.6 Å². The SMILES string of the molecule is C=CC1CCC(C2CCC(C3CCC(F)C(F)C3)CC2)CC1.O. The quantitative estimate of drug-likeness (QED) is 0.618. The van der Waals surface area contributed by atoms with Gasteiger partial charge in [0.05, 0.1) is 0 Å². The molecule has 3 aliphatic rings. The van der Waals surface area contributed by atoms with Crippen LogP contribution in [0, 0.1) is 29.6 Å². The first kappa shape index (κ1) is 18.9. The van der Waals surface area contributed by atoms with E-state index < -0.39 is 12.3 Å². The van der Waals surface area contributed by atoms with Crippen LogP contribution in [0.25, 0.3) is 0 Å². The van der Waals surface area contributed by atoms with E-state index in [-0.39, 0.29) is 5.48 Å². The Morgan fingerprint density at radius 2 is 1.04 bits per heavy atom. The van der Waals surface area contributed by atoms with Crippen LogP contribution in [0.4, 0.5) is 8.78 Å². The maximum absolute atomic E-state index is 13.6. The number of hydrogen-bond donors (Lipinski definition) is 0. The van der Waals surface area contributed by atoms with E-state index >= 15 is 0 Å². The van der Waals surface area contributed by atoms with Crippen LogP contribution >= 0.6 is 0 Å². The van der Waals surface area contributed by atoms with Crippen LogP contribution in [-0.2, 0) is 0 Å². The third kappa shape index (κ3) is 4.55. The molecule has 3 rings (SSSR count). The second kappa shape index (κ2) is 8.60. The van der Waals surface area contributed by atoms with Gasteiger partial charge in [0, 0.05) is 0 Å². The molecule has 3 saturated carbocycles. The summed E-state index contributed by atoms with van der Waals surface area (Å²) < 4.78 is 26.9. The fourth-order valence-corrected chi connectivity index (χ4v) is 5.48. The number of halogens is 2. The van der Waals surface area contributed by atoms with Gasteiger partial charge in [0.25, 0.3) is 0 Å². The normalized spacial score (nSPS) is 45.0. The summed E-state index contributed by atoms with van der Waals surface area (Å²) >= 11 is 0. The minimum absolute atomic E-state index is 0. The summed E-state index contributed by atoms with van der Waals surface area (Å²) in [6.07, 6.45) is 12.2. The van der Waals surface area contributed by atoms with Crippen LogP contribution < -0.4 is 0 Å². The maximum atomic E-state index is 13.6. The molecule has 0 aromatic heterocycles. The fraction of sp³-hybridized carbons (Fsp3) is 0.900. The molecule has 3 unspecified atom stereocenters. The van der Waals surface area contributed by atoms with E-state index in [4.69, 9.17) is 0 Å². The van der Waals surface area contributed by atoms with Crippen LogP contribution in [0.2, 0.25) is 0 Å². The summed E-state index contributed by atoms with van der Waals surface area (Å²) in [6, 6.07) is 0. The van der Waals surface area contributed by atoms with Gasteiger partial charge in [-0.2, -0.15) is 0 Å². The molecular formula is C20H34F2O. The van der Waals surface area contributed by atoms with Crippen molar-refractivity contribution in [1.29, 1.82) is 0 Å². The summed E-state index contributed by atoms with van der Waals surface area (Å²) in [5, 5.41) is 0. The highest BCUT2D eigenvalue weighted by atomic mass is 19.2. The lowest BCUT2D eigenvalue weighted by atomic mass is 9.65. The number of rotatable bonds is 3. The van der Waals surface area contributed by atoms with Crippen LogP contribution in [0.5, 0.6) is 0 Å². The standard InChI is InChI=1S/C20H32F2.H2O/c1-2-14-3-5-15(6-4-14)16-7-9-17(10-8-16)18-11-12-19(21)20(22)13-18;/h2,14-20H,1,3-13H2;1H2. The molecule has 0 bridgehead atoms. The van der Waals surface area contributed by atoms with Crippen LogP contribution in [0.3, 0.4) is 0 Å². The van der Waals surface area contributed by atoms with Gasteiger partial charge in [-0.05, 0) is 100 Å². The van der Waals surface area contributed by atoms with Gasteiger partial charge in [0.1, 0.15) is 12.3 Å². The van der Waals surface area contributed by atoms with E-state index in [0.29, 0.717) is 24.7 Å². The van der Waals surface area contributed by atoms with E-state index in [9.17, 15) is 8.78 Å². The molecule has 23 heavy (non-hydrogen) atoms. The van der Waals surface area contributed by atoms with Crippen molar-refractivity contribution in [3.8, 4) is 0 Å². The molecule has 0 aromatic rings. The molecule has 0 radical (unpaired) electrons. The van der Waals surface area contributed by atoms with Gasteiger partial charge in [-0.15, -0.1) is 6.58 Å². The van der Waals surface area contributed by atoms with Gasteiger partial charge in [-0.1, -0.05) is 6.08 Å². The van der Waals surface area contributed by atoms with Gasteiger partial charge in [-0.25, -0.2) is 8.78 Å². The molecule has 3 atom stereocenters. The zero-order valence-electron chi connectivity index (χ0n) is 14.4. The fourth-order valence-electron chi connectivity index (χ4n) is 5.48. The van der Waals surface area contributed by atoms with E-state index in [1.54, 1.807) is 0 Å². The zero-order chi connectivity index (χ0) is 15.5. The molecule has 2 N–H and O–H groups in total. The second-order valence-corrected chi connectivity index (χ2v) is 8.19. The molecule has 0 aromatic carbocycles. The Morgan fingerprint density at radius 3 is 1.52 bits per heavy atom. The van der Waals surface area contributed by atoms with Gasteiger partial charge < -0.3 is 5.48 Å². The summed E-state index contributed by atoms with van der Waals surface area (Å²) in [5.74, 6) is 3.71. The van der Waals surface area contributed by atoms with Crippen molar-refractivity contribution >= 4 is 0 Å². The summed E-state index contributed by atoms with van der Waals surface area (Å²) in [5.41, 5.74) is 0. The third-order valence-electron chi connectivity index (χ3n) is 7.03. The van der Waals surface area contributed by atoms with Crippen molar-refractivity contribution < 1.29 is 14.3 Å². The zero-order valence-corrected chi connectivity index (χ0v) is 14.4. The lowest BCUT2D eigenvalue weighted by Gasteiger charge is -2.41. The van der Waals surface area contributed by atoms with Gasteiger partial charge in [0.2, 0.25) is 0 Å². The molecule has 134 valence electrons. The van der Waals surface area contributed by atoms with Gasteiger partial charge in [-0.3, -0.25) is 0 Å². The number of allylic oxidation sites excluding steroid dienone is 1. The average Bonchev–Trinajstić information content (AvgIpc) is 2.58. The van der Waals surface area contributed by atoms with Crippen LogP contribution in [-0.4, -0.2) is 17.8 Å². The number of hydrogen-bond acceptors (Lipinski definition) is 0. The maximum Gasteiger partial charge on any atom is 0.131 e. The van der Waals surface area contributed by atoms with E-state index in [0.717, 1.165) is 24.2 Å². The first-order valence-electron chi connectivity index (χ1n) is 9.58. The molecule has 3 heteroatoms. The Bertz CT molecular complexity index is 357. The molecule has 1 nitrogen and oxygen atoms in total. The Labute approximate surface area is 140 Å². The lowest BCUT2D eigenvalue weighted by molar-refractivity contribution is 0.0479. The average molecular weight is 328 g/mol. The van der Waals surface area contributed by atoms with Gasteiger partial charge in [0.15, 0.2) is 0 Å². The van der Waals surface area contributed by atoms with E-state index in [1.165, 1.54) is 51.4 Å². The summed E-state index contributed by atoms with van der Waals surface area (Å²) in [7, 11) is 0. The Morgan fingerprint density at radius 1 is 0.609 bits per heavy atom. The summed E-state index contributed by atoms with van der Waals surface area (Å²) in [4.78, 5) is 0. The van der Waals surface area contributed by atoms with Crippen LogP contribution in [0.15, 0.2) is 12.7 Å². The third-order valence-corrected chi connectivity index (χ3v) is 7.03. The highest BCUT2D eigenvalue weighted by Gasteiger charge is 2.37. The summed E-state index contributed by atoms with van der Waals surface area (Å²) in [6.45, 7) is 3.94. The first-order valence-corrected chi connectivity index (χ1v) is 9.58. The van der Waals surface area contributed by atoms with Gasteiger partial charge >= 0.3 is 0 Å². The predicted molar refractivity (Wildman–Crippen MR) is 91.8 cm³/mol. The molecular weight excluding hydrogens is 294 g/mol. The smallest absolute Gasteiger partial charge is 0.131 e. The van der Waals surface area contributed by atoms with Crippen molar-refractivity contribution in [1.82, 2.24) is 0 Å². The lowest BCUT2D eigenvalue weighted by Crippen LogP contribution is -2.34. The highest BCUT2D eigenvalue weighted by molar-refractivity contribution is 4.90. The topological polar surface area (TPSA) is 31.5 Å². The van der Waals surface area contributed by atoms with Crippen LogP contribution in [0.1, 0.15) is 70.6 Å². The Kier molecular flexibility index (Phi) is 7.06. The second-order valence-electron chi connectivity index (χ2n) is 8.19. The van der Waals surface area contributed by atoms with Crippen molar-refractivity contribution in [3.63, 3.8) is 0 Å². The molecule has 3 fully saturated rings.